The molecule has 1 heterocycles. The number of benzene rings is 2. The molecule has 0 aliphatic carbocycles. The molecular formula is C13H9BrIN3. The second-order valence-electron chi connectivity index (χ2n) is 3.91. The Morgan fingerprint density at radius 2 is 1.83 bits per heavy atom. The van der Waals surface area contributed by atoms with Crippen LogP contribution in [0.3, 0.4) is 0 Å². The van der Waals surface area contributed by atoms with Crippen LogP contribution in [0.25, 0.3) is 16.7 Å². The van der Waals surface area contributed by atoms with E-state index in [1.165, 1.54) is 0 Å². The van der Waals surface area contributed by atoms with Crippen LogP contribution in [0.1, 0.15) is 0 Å². The number of anilines is 1. The van der Waals surface area contributed by atoms with Crippen LogP contribution >= 0.6 is 38.5 Å². The normalized spacial score (nSPS) is 11.0. The molecule has 0 aliphatic rings. The molecule has 0 bridgehead atoms. The fourth-order valence-electron chi connectivity index (χ4n) is 1.93. The van der Waals surface area contributed by atoms with Crippen molar-refractivity contribution in [2.75, 3.05) is 5.73 Å². The van der Waals surface area contributed by atoms with Gasteiger partial charge in [0.15, 0.2) is 0 Å². The topological polar surface area (TPSA) is 43.8 Å². The number of hydrogen-bond donors (Lipinski definition) is 1. The lowest BCUT2D eigenvalue weighted by atomic mass is 10.3. The SMILES string of the molecule is Nc1nc2cc(I)ccc2n1-c1ccc(Br)cc1. The fraction of sp³-hybridized carbons (Fsp3) is 0. The first-order valence-electron chi connectivity index (χ1n) is 5.34. The number of halogens is 2. The highest BCUT2D eigenvalue weighted by molar-refractivity contribution is 14.1. The quantitative estimate of drug-likeness (QED) is 0.613. The van der Waals surface area contributed by atoms with Crippen molar-refractivity contribution in [3.63, 3.8) is 0 Å². The van der Waals surface area contributed by atoms with Gasteiger partial charge in [0, 0.05) is 13.7 Å². The largest absolute Gasteiger partial charge is 0.369 e. The van der Waals surface area contributed by atoms with E-state index in [-0.39, 0.29) is 0 Å². The van der Waals surface area contributed by atoms with Gasteiger partial charge < -0.3 is 5.73 Å². The van der Waals surface area contributed by atoms with E-state index in [0.29, 0.717) is 5.95 Å². The average Bonchev–Trinajstić information content (AvgIpc) is 2.65. The lowest BCUT2D eigenvalue weighted by Crippen LogP contribution is -2.00. The Morgan fingerprint density at radius 1 is 1.11 bits per heavy atom. The lowest BCUT2D eigenvalue weighted by Gasteiger charge is -2.06. The summed E-state index contributed by atoms with van der Waals surface area (Å²) in [5.74, 6) is 0.509. The molecule has 0 radical (unpaired) electrons. The average molecular weight is 414 g/mol. The molecule has 0 unspecified atom stereocenters. The van der Waals surface area contributed by atoms with Gasteiger partial charge in [-0.15, -0.1) is 0 Å². The van der Waals surface area contributed by atoms with Gasteiger partial charge in [0.1, 0.15) is 0 Å². The van der Waals surface area contributed by atoms with Crippen LogP contribution in [0, 0.1) is 3.57 Å². The summed E-state index contributed by atoms with van der Waals surface area (Å²) < 4.78 is 4.15. The van der Waals surface area contributed by atoms with E-state index in [4.69, 9.17) is 5.73 Å². The molecule has 0 aliphatic heterocycles. The molecule has 3 nitrogen and oxygen atoms in total. The lowest BCUT2D eigenvalue weighted by molar-refractivity contribution is 1.11. The van der Waals surface area contributed by atoms with E-state index in [0.717, 1.165) is 24.8 Å². The molecule has 0 amide bonds. The number of imidazole rings is 1. The Bertz CT molecular complexity index is 719. The number of fused-ring (bicyclic) bond motifs is 1. The van der Waals surface area contributed by atoms with Gasteiger partial charge in [-0.05, 0) is 65.1 Å². The molecule has 90 valence electrons. The van der Waals surface area contributed by atoms with Gasteiger partial charge in [-0.3, -0.25) is 4.57 Å². The van der Waals surface area contributed by atoms with Crippen molar-refractivity contribution in [1.82, 2.24) is 9.55 Å². The van der Waals surface area contributed by atoms with Crippen LogP contribution in [0.2, 0.25) is 0 Å². The minimum absolute atomic E-state index is 0.509. The highest BCUT2D eigenvalue weighted by Crippen LogP contribution is 2.25. The van der Waals surface area contributed by atoms with Crippen LogP contribution < -0.4 is 5.73 Å². The number of nitrogens with two attached hydrogens (primary N) is 1. The Balaban J connectivity index is 2.28. The molecule has 3 rings (SSSR count). The third kappa shape index (κ3) is 2.01. The second kappa shape index (κ2) is 4.55. The molecule has 0 saturated carbocycles. The van der Waals surface area contributed by atoms with Crippen molar-refractivity contribution in [2.24, 2.45) is 0 Å². The number of nitrogens with zero attached hydrogens (tertiary/aromatic N) is 2. The maximum Gasteiger partial charge on any atom is 0.205 e. The van der Waals surface area contributed by atoms with Gasteiger partial charge in [-0.2, -0.15) is 0 Å². The minimum atomic E-state index is 0.509. The third-order valence-corrected chi connectivity index (χ3v) is 3.93. The van der Waals surface area contributed by atoms with Crippen molar-refractivity contribution in [3.8, 4) is 5.69 Å². The first-order chi connectivity index (χ1) is 8.65. The molecule has 2 aromatic carbocycles. The molecule has 0 saturated heterocycles. The summed E-state index contributed by atoms with van der Waals surface area (Å²) in [6, 6.07) is 14.1. The Morgan fingerprint density at radius 3 is 2.56 bits per heavy atom. The Hall–Kier alpha value is -1.08. The molecule has 0 spiro atoms. The second-order valence-corrected chi connectivity index (χ2v) is 6.08. The van der Waals surface area contributed by atoms with E-state index in [1.807, 2.05) is 41.0 Å². The van der Waals surface area contributed by atoms with E-state index in [9.17, 15) is 0 Å². The van der Waals surface area contributed by atoms with Crippen molar-refractivity contribution < 1.29 is 0 Å². The summed E-state index contributed by atoms with van der Waals surface area (Å²) in [5, 5.41) is 0. The molecular weight excluding hydrogens is 405 g/mol. The molecule has 5 heteroatoms. The summed E-state index contributed by atoms with van der Waals surface area (Å²) in [6.07, 6.45) is 0. The first-order valence-corrected chi connectivity index (χ1v) is 7.22. The van der Waals surface area contributed by atoms with Gasteiger partial charge in [0.2, 0.25) is 5.95 Å². The molecule has 0 atom stereocenters. The predicted molar refractivity (Wildman–Crippen MR) is 85.9 cm³/mol. The summed E-state index contributed by atoms with van der Waals surface area (Å²) in [7, 11) is 0. The molecule has 3 aromatic rings. The van der Waals surface area contributed by atoms with Crippen molar-refractivity contribution in [3.05, 3.63) is 50.5 Å². The summed E-state index contributed by atoms with van der Waals surface area (Å²) in [5.41, 5.74) is 8.97. The van der Waals surface area contributed by atoms with Crippen molar-refractivity contribution in [1.29, 1.82) is 0 Å². The smallest absolute Gasteiger partial charge is 0.205 e. The zero-order valence-electron chi connectivity index (χ0n) is 9.27. The van der Waals surface area contributed by atoms with Gasteiger partial charge in [-0.1, -0.05) is 15.9 Å². The highest BCUT2D eigenvalue weighted by atomic mass is 127. The number of hydrogen-bond acceptors (Lipinski definition) is 2. The van der Waals surface area contributed by atoms with Crippen LogP contribution in [-0.2, 0) is 0 Å². The maximum absolute atomic E-state index is 6.01. The number of nitrogen functional groups attached to an aromatic ring is 1. The maximum atomic E-state index is 6.01. The first kappa shape index (κ1) is 12.0. The molecule has 1 aromatic heterocycles. The highest BCUT2D eigenvalue weighted by Gasteiger charge is 2.09. The van der Waals surface area contributed by atoms with Crippen LogP contribution in [0.4, 0.5) is 5.95 Å². The number of rotatable bonds is 1. The van der Waals surface area contributed by atoms with E-state index < -0.39 is 0 Å². The Labute approximate surface area is 126 Å². The fourth-order valence-corrected chi connectivity index (χ4v) is 2.67. The zero-order chi connectivity index (χ0) is 12.7. The molecule has 2 N–H and O–H groups in total. The van der Waals surface area contributed by atoms with E-state index >= 15 is 0 Å². The van der Waals surface area contributed by atoms with Crippen LogP contribution in [0.15, 0.2) is 46.9 Å². The predicted octanol–water partition coefficient (Wildman–Crippen LogP) is 3.97. The van der Waals surface area contributed by atoms with Gasteiger partial charge in [0.25, 0.3) is 0 Å². The van der Waals surface area contributed by atoms with E-state index in [2.05, 4.69) is 49.6 Å². The van der Waals surface area contributed by atoms with Crippen LogP contribution in [0.5, 0.6) is 0 Å². The minimum Gasteiger partial charge on any atom is -0.369 e. The Kier molecular flexibility index (Phi) is 3.03. The molecule has 18 heavy (non-hydrogen) atoms. The summed E-state index contributed by atoms with van der Waals surface area (Å²) >= 11 is 5.70. The van der Waals surface area contributed by atoms with Crippen molar-refractivity contribution >= 4 is 55.5 Å². The standard InChI is InChI=1S/C13H9BrIN3/c14-8-1-4-10(5-2-8)18-12-6-3-9(15)7-11(12)17-13(18)16/h1-7H,(H2,16,17). The third-order valence-electron chi connectivity index (χ3n) is 2.73. The number of aromatic nitrogens is 2. The zero-order valence-corrected chi connectivity index (χ0v) is 13.0. The monoisotopic (exact) mass is 413 g/mol. The molecule has 0 fully saturated rings. The summed E-state index contributed by atoms with van der Waals surface area (Å²) in [6.45, 7) is 0. The van der Waals surface area contributed by atoms with Crippen molar-refractivity contribution in [2.45, 2.75) is 0 Å². The van der Waals surface area contributed by atoms with E-state index in [1.54, 1.807) is 0 Å². The van der Waals surface area contributed by atoms with Gasteiger partial charge in [0.05, 0.1) is 11.0 Å². The summed E-state index contributed by atoms with van der Waals surface area (Å²) in [4.78, 5) is 4.40. The van der Waals surface area contributed by atoms with Gasteiger partial charge in [-0.25, -0.2) is 4.98 Å². The van der Waals surface area contributed by atoms with Gasteiger partial charge >= 0.3 is 0 Å². The van der Waals surface area contributed by atoms with Crippen LogP contribution in [-0.4, -0.2) is 9.55 Å².